The van der Waals surface area contributed by atoms with E-state index in [2.05, 4.69) is 31.9 Å². The molecule has 0 saturated carbocycles. The predicted molar refractivity (Wildman–Crippen MR) is 231 cm³/mol. The molecule has 3 aromatic rings. The van der Waals surface area contributed by atoms with Gasteiger partial charge >= 0.3 is 0 Å². The highest BCUT2D eigenvalue weighted by Crippen LogP contribution is 2.31. The molecule has 1 saturated heterocycles. The highest BCUT2D eigenvalue weighted by Gasteiger charge is 2.48. The van der Waals surface area contributed by atoms with Gasteiger partial charge in [-0.25, -0.2) is 0 Å². The second kappa shape index (κ2) is 26.9. The third-order valence-electron chi connectivity index (χ3n) is 9.87. The number of hydrogen-bond donors (Lipinski definition) is 13. The van der Waals surface area contributed by atoms with Gasteiger partial charge in [-0.3, -0.25) is 28.8 Å². The van der Waals surface area contributed by atoms with Crippen molar-refractivity contribution in [3.63, 3.8) is 0 Å². The second-order valence-electron chi connectivity index (χ2n) is 14.6. The summed E-state index contributed by atoms with van der Waals surface area (Å²) in [7, 11) is 1.35. The Hall–Kier alpha value is -6.96. The van der Waals surface area contributed by atoms with Crippen LogP contribution in [0.5, 0.6) is 34.5 Å². The van der Waals surface area contributed by atoms with E-state index in [0.717, 1.165) is 0 Å². The smallest absolute Gasteiger partial charge is 0.255 e. The van der Waals surface area contributed by atoms with E-state index in [-0.39, 0.29) is 75.4 Å². The van der Waals surface area contributed by atoms with Gasteiger partial charge in [-0.05, 0) is 55.7 Å². The van der Waals surface area contributed by atoms with Crippen LogP contribution in [0, 0.1) is 0 Å². The van der Waals surface area contributed by atoms with Crippen LogP contribution >= 0.6 is 0 Å². The first-order valence-electron chi connectivity index (χ1n) is 21.0. The molecular formula is C43H56N6O18. The van der Waals surface area contributed by atoms with Gasteiger partial charge in [-0.2, -0.15) is 0 Å². The topological polar surface area (TPSA) is 362 Å². The Kier molecular flexibility index (Phi) is 21.1. The molecule has 13 N–H and O–H groups in total. The highest BCUT2D eigenvalue weighted by molar-refractivity contribution is 6.00. The van der Waals surface area contributed by atoms with Crippen molar-refractivity contribution in [2.45, 2.75) is 50.0 Å². The van der Waals surface area contributed by atoms with Crippen molar-refractivity contribution in [2.75, 3.05) is 72.8 Å². The lowest BCUT2D eigenvalue weighted by molar-refractivity contribution is -0.316. The Bertz CT molecular complexity index is 2060. The Morgan fingerprint density at radius 2 is 0.851 bits per heavy atom. The molecule has 366 valence electrons. The fraction of sp³-hybridized carbons (Fsp3) is 0.442. The van der Waals surface area contributed by atoms with Gasteiger partial charge in [0, 0.05) is 46.6 Å². The van der Waals surface area contributed by atoms with Crippen LogP contribution < -0.4 is 31.9 Å². The molecule has 0 aromatic heterocycles. The summed E-state index contributed by atoms with van der Waals surface area (Å²) in [6.07, 6.45) is -4.23. The summed E-state index contributed by atoms with van der Waals surface area (Å²) in [4.78, 5) is 74.5. The molecule has 24 heteroatoms. The monoisotopic (exact) mass is 944 g/mol. The summed E-state index contributed by atoms with van der Waals surface area (Å²) < 4.78 is 30.1. The first-order chi connectivity index (χ1) is 32.2. The molecule has 67 heavy (non-hydrogen) atoms. The van der Waals surface area contributed by atoms with Crippen molar-refractivity contribution in [3.05, 3.63) is 71.3 Å². The lowest BCUT2D eigenvalue weighted by Crippen LogP contribution is -2.61. The van der Waals surface area contributed by atoms with Crippen molar-refractivity contribution in [3.8, 4) is 34.5 Å². The number of phenols is 6. The summed E-state index contributed by atoms with van der Waals surface area (Å²) in [6, 6.07) is 11.5. The summed E-state index contributed by atoms with van der Waals surface area (Å²) in [5.74, 6) is -7.38. The van der Waals surface area contributed by atoms with Gasteiger partial charge in [0.25, 0.3) is 17.7 Å². The number of para-hydroxylation sites is 3. The molecule has 4 rings (SSSR count). The van der Waals surface area contributed by atoms with Crippen molar-refractivity contribution in [2.24, 2.45) is 0 Å². The quantitative estimate of drug-likeness (QED) is 0.0323. The van der Waals surface area contributed by atoms with Crippen LogP contribution in [0.25, 0.3) is 0 Å². The Labute approximate surface area is 383 Å². The maximum atomic E-state index is 12.5. The minimum absolute atomic E-state index is 0.00702. The number of amides is 6. The molecule has 24 nitrogen and oxygen atoms in total. The van der Waals surface area contributed by atoms with Crippen LogP contribution in [0.4, 0.5) is 0 Å². The van der Waals surface area contributed by atoms with Crippen LogP contribution in [0.1, 0.15) is 50.3 Å². The van der Waals surface area contributed by atoms with Crippen LogP contribution in [0.3, 0.4) is 0 Å². The van der Waals surface area contributed by atoms with E-state index >= 15 is 0 Å². The van der Waals surface area contributed by atoms with Crippen LogP contribution in [-0.4, -0.2) is 175 Å². The SMILES string of the molecule is CO[C@H]1O[C@H](CO)[C@@H](OCCCNC(=O)CNC(=O)c2cccc(O)c2O)[C@H](OCCCNC(=O)CNC(=O)c2cccc(O)c2O)[C@H]1OCCCNC(=O)CNC(=O)c1cccc(O)c1O. The predicted octanol–water partition coefficient (Wildman–Crippen LogP) is -1.45. The number of phenolic OH excluding ortho intramolecular Hbond substituents is 6. The minimum Gasteiger partial charge on any atom is -0.504 e. The van der Waals surface area contributed by atoms with Crippen LogP contribution in [0.2, 0.25) is 0 Å². The molecule has 0 radical (unpaired) electrons. The fourth-order valence-electron chi connectivity index (χ4n) is 6.44. The van der Waals surface area contributed by atoms with E-state index in [1.807, 2.05) is 0 Å². The summed E-state index contributed by atoms with van der Waals surface area (Å²) in [5.41, 5.74) is -0.656. The van der Waals surface area contributed by atoms with Crippen LogP contribution in [0.15, 0.2) is 54.6 Å². The van der Waals surface area contributed by atoms with Gasteiger partial charge in [-0.15, -0.1) is 0 Å². The first-order valence-corrected chi connectivity index (χ1v) is 21.0. The third kappa shape index (κ3) is 15.9. The zero-order valence-electron chi connectivity index (χ0n) is 36.4. The van der Waals surface area contributed by atoms with E-state index < -0.39 is 127 Å². The van der Waals surface area contributed by atoms with Gasteiger partial charge in [0.15, 0.2) is 40.8 Å². The lowest BCUT2D eigenvalue weighted by atomic mass is 9.98. The number of carbonyl (C=O) groups is 6. The average molecular weight is 945 g/mol. The average Bonchev–Trinajstić information content (AvgIpc) is 3.31. The standard InChI is InChI=1S/C43H56N6O18/c1-63-43-39(66-19-7-16-46-33(56)22-49-42(62)26-10-4-13-29(53)36(26)59)38(65-18-6-15-45-32(55)21-48-41(61)25-9-3-12-28(52)35(25)58)37(30(23-50)67-43)64-17-5-14-44-31(54)20-47-40(60)24-8-2-11-27(51)34(24)57/h2-4,8-13,30,37-39,43,50-53,57-59H,5-7,14-23H2,1H3,(H,44,54)(H,45,55)(H,46,56)(H,47,60)(H,48,61)(H,49,62)/t30-,37-,38+,39-,43+/m1/s1. The number of rotatable bonds is 26. The fourth-order valence-corrected chi connectivity index (χ4v) is 6.44. The van der Waals surface area contributed by atoms with Gasteiger partial charge < -0.3 is 91.3 Å². The lowest BCUT2D eigenvalue weighted by Gasteiger charge is -2.45. The number of aromatic hydroxyl groups is 6. The summed E-state index contributed by atoms with van der Waals surface area (Å²) >= 11 is 0. The highest BCUT2D eigenvalue weighted by atomic mass is 16.7. The van der Waals surface area contributed by atoms with Gasteiger partial charge in [0.1, 0.15) is 24.4 Å². The van der Waals surface area contributed by atoms with Gasteiger partial charge in [0.2, 0.25) is 17.7 Å². The van der Waals surface area contributed by atoms with E-state index in [4.69, 9.17) is 23.7 Å². The number of carbonyl (C=O) groups excluding carboxylic acids is 6. The third-order valence-corrected chi connectivity index (χ3v) is 9.87. The van der Waals surface area contributed by atoms with Crippen molar-refractivity contribution >= 4 is 35.4 Å². The minimum atomic E-state index is -1.08. The molecule has 1 aliphatic rings. The van der Waals surface area contributed by atoms with Gasteiger partial charge in [-0.1, -0.05) is 18.2 Å². The summed E-state index contributed by atoms with van der Waals surface area (Å²) in [6.45, 7) is -1.51. The molecule has 0 unspecified atom stereocenters. The number of aliphatic hydroxyl groups excluding tert-OH is 1. The summed E-state index contributed by atoms with van der Waals surface area (Å²) in [5, 5.41) is 84.0. The Balaban J connectivity index is 1.30. The molecule has 1 heterocycles. The van der Waals surface area contributed by atoms with E-state index in [9.17, 15) is 64.5 Å². The zero-order valence-corrected chi connectivity index (χ0v) is 36.4. The number of methoxy groups -OCH3 is 1. The Morgan fingerprint density at radius 1 is 0.507 bits per heavy atom. The second-order valence-corrected chi connectivity index (χ2v) is 14.6. The van der Waals surface area contributed by atoms with Crippen molar-refractivity contribution < 1.29 is 88.2 Å². The van der Waals surface area contributed by atoms with E-state index in [1.165, 1.54) is 61.7 Å². The van der Waals surface area contributed by atoms with Crippen molar-refractivity contribution in [1.29, 1.82) is 0 Å². The van der Waals surface area contributed by atoms with E-state index in [0.29, 0.717) is 0 Å². The Morgan fingerprint density at radius 3 is 1.19 bits per heavy atom. The number of hydrogen-bond acceptors (Lipinski definition) is 18. The molecule has 0 spiro atoms. The number of benzene rings is 3. The van der Waals surface area contributed by atoms with Crippen LogP contribution in [-0.2, 0) is 38.1 Å². The molecule has 1 fully saturated rings. The first kappa shape index (κ1) is 52.7. The zero-order chi connectivity index (χ0) is 48.9. The van der Waals surface area contributed by atoms with Gasteiger partial charge in [0.05, 0.1) is 42.9 Å². The maximum Gasteiger partial charge on any atom is 0.255 e. The molecule has 3 aromatic carbocycles. The molecular weight excluding hydrogens is 888 g/mol. The number of nitrogens with one attached hydrogen (secondary N) is 6. The number of ether oxygens (including phenoxy) is 5. The number of aliphatic hydroxyl groups is 1. The molecule has 1 aliphatic heterocycles. The normalized spacial score (nSPS) is 17.7. The molecule has 6 amide bonds. The van der Waals surface area contributed by atoms with Crippen molar-refractivity contribution in [1.82, 2.24) is 31.9 Å². The maximum absolute atomic E-state index is 12.5. The van der Waals surface area contributed by atoms with E-state index in [1.54, 1.807) is 0 Å². The molecule has 0 bridgehead atoms. The largest absolute Gasteiger partial charge is 0.504 e. The molecule has 5 atom stereocenters. The molecule has 0 aliphatic carbocycles.